The van der Waals surface area contributed by atoms with E-state index in [4.69, 9.17) is 0 Å². The van der Waals surface area contributed by atoms with Crippen molar-refractivity contribution in [3.8, 4) is 0 Å². The van der Waals surface area contributed by atoms with E-state index in [9.17, 15) is 0 Å². The second-order valence-electron chi connectivity index (χ2n) is 14.9. The summed E-state index contributed by atoms with van der Waals surface area (Å²) < 4.78 is 1.15. The molecule has 0 heterocycles. The maximum absolute atomic E-state index is 2.43. The van der Waals surface area contributed by atoms with Gasteiger partial charge in [-0.05, 0) is 0 Å². The van der Waals surface area contributed by atoms with Gasteiger partial charge in [0.15, 0.2) is 0 Å². The third-order valence-electron chi connectivity index (χ3n) is 10.8. The zero-order valence-electron chi connectivity index (χ0n) is 34.6. The summed E-state index contributed by atoms with van der Waals surface area (Å²) in [6, 6.07) is 91.8. The molecular weight excluding hydrogens is 903 g/mol. The average molecular weight is 957 g/mol. The fourth-order valence-corrected chi connectivity index (χ4v) is 25.3. The first kappa shape index (κ1) is 43.8. The van der Waals surface area contributed by atoms with Gasteiger partial charge in [-0.2, -0.15) is 0 Å². The minimum atomic E-state index is -0.605. The fourth-order valence-electron chi connectivity index (χ4n) is 7.92. The van der Waals surface area contributed by atoms with Crippen molar-refractivity contribution in [2.45, 2.75) is 33.9 Å². The van der Waals surface area contributed by atoms with Crippen molar-refractivity contribution in [2.24, 2.45) is 0 Å². The van der Waals surface area contributed by atoms with E-state index >= 15 is 0 Å². The Morgan fingerprint density at radius 1 is 0.262 bits per heavy atom. The van der Waals surface area contributed by atoms with Crippen LogP contribution in [-0.2, 0) is 18.0 Å². The number of hydrogen-bond donors (Lipinski definition) is 0. The Hall–Kier alpha value is -3.86. The minimum absolute atomic E-state index is 0.457. The average Bonchev–Trinajstić information content (AvgIpc) is 3.34. The monoisotopic (exact) mass is 956 g/mol. The Morgan fingerprint density at radius 3 is 0.672 bits per heavy atom. The predicted octanol–water partition coefficient (Wildman–Crippen LogP) is 11.8. The molecule has 0 aromatic heterocycles. The van der Waals surface area contributed by atoms with E-state index in [1.165, 1.54) is 80.4 Å². The van der Waals surface area contributed by atoms with Crippen LogP contribution < -0.4 is 42.4 Å². The van der Waals surface area contributed by atoms with Gasteiger partial charge in [0.25, 0.3) is 0 Å². The van der Waals surface area contributed by atoms with E-state index in [0.717, 1.165) is 0 Å². The summed E-state index contributed by atoms with van der Waals surface area (Å²) in [7, 11) is -2.12. The van der Waals surface area contributed by atoms with Crippen LogP contribution >= 0.6 is 31.7 Å². The number of benzene rings is 8. The third kappa shape index (κ3) is 12.2. The van der Waals surface area contributed by atoms with Crippen LogP contribution in [0.4, 0.5) is 0 Å². The van der Waals surface area contributed by atoms with Crippen LogP contribution in [0.15, 0.2) is 243 Å². The van der Waals surface area contributed by atoms with E-state index in [1.54, 1.807) is 0 Å². The van der Waals surface area contributed by atoms with Crippen molar-refractivity contribution in [2.75, 3.05) is 12.3 Å². The van der Waals surface area contributed by atoms with Gasteiger partial charge in [-0.15, -0.1) is 0 Å². The first-order valence-electron chi connectivity index (χ1n) is 21.4. The van der Waals surface area contributed by atoms with E-state index < -0.39 is 31.7 Å². The molecule has 0 radical (unpaired) electrons. The van der Waals surface area contributed by atoms with Crippen LogP contribution in [0.2, 0.25) is 0 Å². The molecule has 0 nitrogen and oxygen atoms in total. The van der Waals surface area contributed by atoms with E-state index in [1.807, 2.05) is 0 Å². The Morgan fingerprint density at radius 2 is 0.459 bits per heavy atom. The molecule has 0 fully saturated rings. The molecule has 0 saturated carbocycles. The first-order valence-corrected chi connectivity index (χ1v) is 29.1. The van der Waals surface area contributed by atoms with Crippen molar-refractivity contribution in [3.63, 3.8) is 0 Å². The van der Waals surface area contributed by atoms with Gasteiger partial charge in [0, 0.05) is 0 Å². The molecule has 0 bridgehead atoms. The third-order valence-corrected chi connectivity index (χ3v) is 26.6. The topological polar surface area (TPSA) is 0 Å². The van der Waals surface area contributed by atoms with Crippen LogP contribution in [0.25, 0.3) is 0 Å². The molecule has 8 aromatic rings. The molecule has 61 heavy (non-hydrogen) atoms. The van der Waals surface area contributed by atoms with Crippen molar-refractivity contribution >= 4 is 74.1 Å². The Bertz CT molecular complexity index is 2080. The number of hydrogen-bond acceptors (Lipinski definition) is 0. The van der Waals surface area contributed by atoms with Crippen LogP contribution in [0, 0.1) is 0 Å². The molecule has 8 aromatic carbocycles. The van der Waals surface area contributed by atoms with Crippen LogP contribution in [0.5, 0.6) is 0 Å². The van der Waals surface area contributed by atoms with Gasteiger partial charge in [-0.3, -0.25) is 0 Å². The standard InChI is InChI=1S/2C28H27P2.Pd/c2*1-5-15-25(16-6-1)29(26-17-7-2-8-18-26)23-13-14-24-30(27-19-9-3-10-20-27)28-21-11-4-12-22-28;/h2*1-12,15-23H,13-14,24H2;. The quantitative estimate of drug-likeness (QED) is 0.0527. The van der Waals surface area contributed by atoms with Gasteiger partial charge >= 0.3 is 381 Å². The van der Waals surface area contributed by atoms with E-state index in [-0.39, 0.29) is 0 Å². The molecule has 0 amide bonds. The summed E-state index contributed by atoms with van der Waals surface area (Å²) in [5.41, 5.74) is 0. The molecule has 0 aliphatic carbocycles. The second kappa shape index (κ2) is 23.5. The Labute approximate surface area is 378 Å². The van der Waals surface area contributed by atoms with Crippen molar-refractivity contribution < 1.29 is 18.0 Å². The van der Waals surface area contributed by atoms with Crippen LogP contribution in [0.1, 0.15) is 25.7 Å². The van der Waals surface area contributed by atoms with Gasteiger partial charge in [-0.25, -0.2) is 0 Å². The number of rotatable bonds is 20. The second-order valence-corrected chi connectivity index (χ2v) is 28.4. The van der Waals surface area contributed by atoms with E-state index in [0.29, 0.717) is 26.2 Å². The van der Waals surface area contributed by atoms with Crippen LogP contribution in [-0.4, -0.2) is 20.6 Å². The summed E-state index contributed by atoms with van der Waals surface area (Å²) in [6.45, 7) is 0. The summed E-state index contributed by atoms with van der Waals surface area (Å²) in [6.07, 6.45) is 7.29. The molecule has 308 valence electrons. The molecule has 0 aliphatic heterocycles. The molecule has 0 aliphatic rings. The van der Waals surface area contributed by atoms with Crippen molar-refractivity contribution in [3.05, 3.63) is 243 Å². The van der Waals surface area contributed by atoms with Crippen molar-refractivity contribution in [1.29, 1.82) is 0 Å². The maximum atomic E-state index is 2.43. The normalized spacial score (nSPS) is 12.6. The zero-order chi connectivity index (χ0) is 41.3. The van der Waals surface area contributed by atoms with Gasteiger partial charge in [-0.1, -0.05) is 0 Å². The molecule has 0 saturated heterocycles. The summed E-state index contributed by atoms with van der Waals surface area (Å²) in [5.74, 6) is 0. The van der Waals surface area contributed by atoms with Crippen LogP contribution in [0.3, 0.4) is 0 Å². The Balaban J connectivity index is 1.18. The van der Waals surface area contributed by atoms with Gasteiger partial charge in [0.1, 0.15) is 0 Å². The molecule has 2 atom stereocenters. The first-order chi connectivity index (χ1) is 30.3. The molecule has 5 heteroatoms. The molecular formula is C56H54P4Pd. The summed E-state index contributed by atoms with van der Waals surface area (Å²) in [5, 5.41) is 12.0. The van der Waals surface area contributed by atoms with Gasteiger partial charge < -0.3 is 0 Å². The van der Waals surface area contributed by atoms with Crippen molar-refractivity contribution in [1.82, 2.24) is 0 Å². The fraction of sp³-hybridized carbons (Fsp3) is 0.143. The van der Waals surface area contributed by atoms with E-state index in [2.05, 4.69) is 243 Å². The molecule has 0 spiro atoms. The van der Waals surface area contributed by atoms with Gasteiger partial charge in [0.2, 0.25) is 0 Å². The predicted molar refractivity (Wildman–Crippen MR) is 272 cm³/mol. The van der Waals surface area contributed by atoms with Gasteiger partial charge in [0.05, 0.1) is 0 Å². The molecule has 2 unspecified atom stereocenters. The summed E-state index contributed by atoms with van der Waals surface area (Å²) >= 11 is 0.518. The SMILES string of the molecule is c1ccc(P(CCC[CH]([Pd][CH](CCCP(c2ccccc2)c2ccccc2)P(c2ccccc2)c2ccccc2)P(c2ccccc2)c2ccccc2)c2ccccc2)cc1. The molecule has 0 N–H and O–H groups in total. The zero-order valence-corrected chi connectivity index (χ0v) is 39.7. The molecule has 8 rings (SSSR count). The Kier molecular flexibility index (Phi) is 16.9. The summed E-state index contributed by atoms with van der Waals surface area (Å²) in [4.78, 5) is 0.